The number of nitrogens with zero attached hydrogens (tertiary/aromatic N) is 2. The van der Waals surface area contributed by atoms with Gasteiger partial charge in [0.2, 0.25) is 17.1 Å². The third kappa shape index (κ3) is 6.36. The topological polar surface area (TPSA) is 52.4 Å². The quantitative estimate of drug-likeness (QED) is 0.190. The largest absolute Gasteiger partial charge is 0.460 e. The lowest BCUT2D eigenvalue weighted by Crippen LogP contribution is -2.46. The summed E-state index contributed by atoms with van der Waals surface area (Å²) in [5, 5.41) is 0. The monoisotopic (exact) mass is 762 g/mol. The van der Waals surface area contributed by atoms with Gasteiger partial charge in [0.1, 0.15) is 17.4 Å². The smallest absolute Gasteiger partial charge is 0.432 e. The third-order valence-electron chi connectivity index (χ3n) is 10.4. The second-order valence-electron chi connectivity index (χ2n) is 14.0. The van der Waals surface area contributed by atoms with Gasteiger partial charge in [-0.25, -0.2) is 9.98 Å². The zero-order chi connectivity index (χ0) is 39.9. The number of hydrogen-bond acceptors (Lipinski definition) is 5. The molecule has 0 aromatic heterocycles. The average molecular weight is 763 g/mol. The fraction of sp³-hybridized carbons (Fsp3) is 0.350. The van der Waals surface area contributed by atoms with E-state index in [1.165, 1.54) is 58.9 Å². The molecule has 54 heavy (non-hydrogen) atoms. The highest BCUT2D eigenvalue weighted by molar-refractivity contribution is 5.98. The van der Waals surface area contributed by atoms with Gasteiger partial charge in [-0.05, 0) is 130 Å². The van der Waals surface area contributed by atoms with E-state index < -0.39 is 63.8 Å². The Kier molecular flexibility index (Phi) is 9.17. The first kappa shape index (κ1) is 38.7. The molecule has 0 amide bonds. The minimum Gasteiger partial charge on any atom is -0.460 e. The van der Waals surface area contributed by atoms with E-state index >= 15 is 26.3 Å². The van der Waals surface area contributed by atoms with Crippen molar-refractivity contribution in [3.8, 4) is 11.5 Å². The van der Waals surface area contributed by atoms with Crippen molar-refractivity contribution in [2.45, 2.75) is 91.0 Å². The van der Waals surface area contributed by atoms with E-state index in [1.807, 2.05) is 19.1 Å². The highest BCUT2D eigenvalue weighted by Gasteiger charge is 2.60. The zero-order valence-electron chi connectivity index (χ0n) is 30.4. The van der Waals surface area contributed by atoms with Gasteiger partial charge in [0.25, 0.3) is 0 Å². The zero-order valence-corrected chi connectivity index (χ0v) is 30.4. The van der Waals surface area contributed by atoms with E-state index in [0.29, 0.717) is 25.3 Å². The van der Waals surface area contributed by atoms with Gasteiger partial charge in [0.15, 0.2) is 5.90 Å². The van der Waals surface area contributed by atoms with Crippen LogP contribution in [0.5, 0.6) is 11.5 Å². The molecule has 0 N–H and O–H groups in total. The first-order chi connectivity index (χ1) is 24.9. The van der Waals surface area contributed by atoms with Crippen molar-refractivity contribution in [3.05, 3.63) is 116 Å². The fourth-order valence-corrected chi connectivity index (χ4v) is 6.85. The highest BCUT2D eigenvalue weighted by Crippen LogP contribution is 2.55. The molecule has 286 valence electrons. The molecule has 4 aromatic rings. The van der Waals surface area contributed by atoms with Gasteiger partial charge in [-0.15, -0.1) is 0 Å². The number of rotatable bonds is 5. The van der Waals surface area contributed by atoms with Gasteiger partial charge >= 0.3 is 18.5 Å². The second-order valence-corrected chi connectivity index (χ2v) is 14.0. The molecule has 2 aliphatic heterocycles. The van der Waals surface area contributed by atoms with Crippen molar-refractivity contribution >= 4 is 23.2 Å². The molecule has 5 nitrogen and oxygen atoms in total. The Balaban J connectivity index is 1.53. The van der Waals surface area contributed by atoms with Crippen molar-refractivity contribution in [1.29, 1.82) is 0 Å². The number of hydrogen-bond donors (Lipinski definition) is 0. The maximum Gasteiger partial charge on any atom is 0.432 e. The summed E-state index contributed by atoms with van der Waals surface area (Å²) < 4.78 is 152. The van der Waals surface area contributed by atoms with Crippen LogP contribution in [0.2, 0.25) is 0 Å². The molecule has 3 atom stereocenters. The molecular weight excluding hydrogens is 727 g/mol. The number of aliphatic imine (C=N–C) groups is 2. The van der Waals surface area contributed by atoms with Crippen LogP contribution < -0.4 is 4.74 Å². The SMILES string of the molecule is CC1=Nc2c(cc(C(c3cc4c(c(C)c3C)N=C(c3ccc(Oc5ccc(C)cc5)cc3)OC4(C)C(F)(F)F)C(F)(F)F)c(C)c2C)C(C)(C(F)(F)F)O1. The van der Waals surface area contributed by atoms with Crippen molar-refractivity contribution < 1.29 is 53.7 Å². The minimum absolute atomic E-state index is 0.00312. The Morgan fingerprint density at radius 3 is 1.44 bits per heavy atom. The Morgan fingerprint density at radius 2 is 1.00 bits per heavy atom. The van der Waals surface area contributed by atoms with Crippen LogP contribution in [-0.4, -0.2) is 30.3 Å². The van der Waals surface area contributed by atoms with Crippen molar-refractivity contribution in [1.82, 2.24) is 0 Å². The summed E-state index contributed by atoms with van der Waals surface area (Å²) in [6.07, 6.45) is -15.4. The summed E-state index contributed by atoms with van der Waals surface area (Å²) >= 11 is 0. The molecule has 2 heterocycles. The fourth-order valence-electron chi connectivity index (χ4n) is 6.85. The highest BCUT2D eigenvalue weighted by atomic mass is 19.4. The Bertz CT molecular complexity index is 2200. The van der Waals surface area contributed by atoms with Crippen LogP contribution >= 0.6 is 0 Å². The summed E-state index contributed by atoms with van der Waals surface area (Å²) in [7, 11) is 0. The molecule has 0 bridgehead atoms. The molecule has 0 aliphatic carbocycles. The van der Waals surface area contributed by atoms with Gasteiger partial charge in [-0.1, -0.05) is 17.7 Å². The van der Waals surface area contributed by atoms with E-state index in [1.54, 1.807) is 12.1 Å². The summed E-state index contributed by atoms with van der Waals surface area (Å²) in [6.45, 7) is 9.85. The average Bonchev–Trinajstić information content (AvgIpc) is 3.06. The maximum absolute atomic E-state index is 15.4. The first-order valence-electron chi connectivity index (χ1n) is 16.7. The van der Waals surface area contributed by atoms with E-state index in [0.717, 1.165) is 17.7 Å². The molecule has 0 saturated carbocycles. The predicted octanol–water partition coefficient (Wildman–Crippen LogP) is 12.5. The normalized spacial score (nSPS) is 20.5. The number of aryl methyl sites for hydroxylation is 1. The van der Waals surface area contributed by atoms with Crippen LogP contribution in [0.4, 0.5) is 50.9 Å². The number of benzene rings is 4. The van der Waals surface area contributed by atoms with Crippen molar-refractivity contribution in [2.24, 2.45) is 9.98 Å². The summed E-state index contributed by atoms with van der Waals surface area (Å²) in [6, 6.07) is 14.7. The van der Waals surface area contributed by atoms with Crippen LogP contribution in [-0.2, 0) is 20.7 Å². The maximum atomic E-state index is 15.4. The van der Waals surface area contributed by atoms with Gasteiger partial charge in [-0.2, -0.15) is 39.5 Å². The summed E-state index contributed by atoms with van der Waals surface area (Å²) in [4.78, 5) is 8.50. The van der Waals surface area contributed by atoms with Crippen molar-refractivity contribution in [2.75, 3.05) is 0 Å². The Morgan fingerprint density at radius 1 is 0.574 bits per heavy atom. The van der Waals surface area contributed by atoms with Gasteiger partial charge in [0.05, 0.1) is 11.4 Å². The summed E-state index contributed by atoms with van der Waals surface area (Å²) in [5.41, 5.74) is -8.05. The van der Waals surface area contributed by atoms with Crippen LogP contribution in [0.3, 0.4) is 0 Å². The second kappa shape index (κ2) is 12.8. The molecule has 3 unspecified atom stereocenters. The van der Waals surface area contributed by atoms with Crippen LogP contribution in [0, 0.1) is 34.6 Å². The van der Waals surface area contributed by atoms with Gasteiger partial charge < -0.3 is 14.2 Å². The lowest BCUT2D eigenvalue weighted by Gasteiger charge is -2.39. The molecule has 0 fully saturated rings. The molecule has 2 aliphatic rings. The number of alkyl halides is 9. The number of halogens is 9. The summed E-state index contributed by atoms with van der Waals surface area (Å²) in [5.74, 6) is -2.49. The molecule has 4 aromatic carbocycles. The molecule has 0 saturated heterocycles. The molecular formula is C40H35F9N2O3. The number of ether oxygens (including phenoxy) is 3. The predicted molar refractivity (Wildman–Crippen MR) is 185 cm³/mol. The molecule has 0 spiro atoms. The number of fused-ring (bicyclic) bond motifs is 2. The first-order valence-corrected chi connectivity index (χ1v) is 16.7. The van der Waals surface area contributed by atoms with Gasteiger partial charge in [0, 0.05) is 23.6 Å². The molecule has 14 heteroatoms. The lowest BCUT2D eigenvalue weighted by molar-refractivity contribution is -0.253. The van der Waals surface area contributed by atoms with Crippen LogP contribution in [0.1, 0.15) is 82.3 Å². The van der Waals surface area contributed by atoms with Gasteiger partial charge in [-0.3, -0.25) is 0 Å². The van der Waals surface area contributed by atoms with E-state index in [4.69, 9.17) is 14.2 Å². The Labute approximate surface area is 305 Å². The van der Waals surface area contributed by atoms with Crippen molar-refractivity contribution in [3.63, 3.8) is 0 Å². The molecule has 6 rings (SSSR count). The van der Waals surface area contributed by atoms with E-state index in [9.17, 15) is 13.2 Å². The van der Waals surface area contributed by atoms with E-state index in [2.05, 4.69) is 9.98 Å². The lowest BCUT2D eigenvalue weighted by atomic mass is 9.77. The minimum atomic E-state index is -5.18. The third-order valence-corrected chi connectivity index (χ3v) is 10.4. The standard InChI is InChI=1S/C40H35F9N2O3/c1-19-9-13-26(14-10-19)52-27-15-11-25(12-16-27)35-51-34-23(5)21(3)29(18-31(34)37(8,54-35)40(47,48)49)32(38(41,42)43)28-17-30-33(22(4)20(28)2)50-24(6)53-36(30,7)39(44,45)46/h9-18,32H,1-8H3. The van der Waals surface area contributed by atoms with Crippen LogP contribution in [0.25, 0.3) is 0 Å². The van der Waals surface area contributed by atoms with Crippen LogP contribution in [0.15, 0.2) is 70.6 Å². The molecule has 0 radical (unpaired) electrons. The Hall–Kier alpha value is -5.01. The van der Waals surface area contributed by atoms with E-state index in [-0.39, 0.29) is 45.1 Å².